The van der Waals surface area contributed by atoms with Gasteiger partial charge in [0.2, 0.25) is 5.91 Å². The van der Waals surface area contributed by atoms with Gasteiger partial charge >= 0.3 is 0 Å². The van der Waals surface area contributed by atoms with Crippen LogP contribution in [0.5, 0.6) is 0 Å². The van der Waals surface area contributed by atoms with E-state index >= 15 is 0 Å². The molecule has 2 heterocycles. The van der Waals surface area contributed by atoms with Crippen LogP contribution in [0.1, 0.15) is 24.8 Å². The van der Waals surface area contributed by atoms with Crippen molar-refractivity contribution in [3.05, 3.63) is 36.0 Å². The lowest BCUT2D eigenvalue weighted by Crippen LogP contribution is -2.27. The van der Waals surface area contributed by atoms with Crippen LogP contribution in [0.25, 0.3) is 10.9 Å². The number of hydrogen-bond donors (Lipinski definition) is 0. The fourth-order valence-electron chi connectivity index (χ4n) is 2.84. The van der Waals surface area contributed by atoms with Gasteiger partial charge in [0.15, 0.2) is 0 Å². The lowest BCUT2D eigenvalue weighted by atomic mass is 10.1. The highest BCUT2D eigenvalue weighted by Crippen LogP contribution is 2.18. The molecule has 3 nitrogen and oxygen atoms in total. The van der Waals surface area contributed by atoms with Gasteiger partial charge in [-0.3, -0.25) is 4.79 Å². The lowest BCUT2D eigenvalue weighted by Gasteiger charge is -2.14. The van der Waals surface area contributed by atoms with Crippen LogP contribution in [0, 0.1) is 0 Å². The number of fused-ring (bicyclic) bond motifs is 1. The number of nitrogens with zero attached hydrogens (tertiary/aromatic N) is 2. The monoisotopic (exact) mass is 256 g/mol. The summed E-state index contributed by atoms with van der Waals surface area (Å²) in [6.45, 7) is 1.91. The van der Waals surface area contributed by atoms with E-state index in [0.29, 0.717) is 12.3 Å². The van der Waals surface area contributed by atoms with Crippen molar-refractivity contribution in [1.82, 2.24) is 9.47 Å². The summed E-state index contributed by atoms with van der Waals surface area (Å²) in [5.41, 5.74) is 2.49. The number of rotatable bonds is 3. The number of carbonyl (C=O) groups excluding carboxylic acids is 1. The Morgan fingerprint density at radius 3 is 2.79 bits per heavy atom. The Bertz CT molecular complexity index is 594. The summed E-state index contributed by atoms with van der Waals surface area (Å²) in [4.78, 5) is 14.0. The molecule has 1 fully saturated rings. The SMILES string of the molecule is Cn1ccc2ccc(CCC(=O)N3CCCC3)cc21. The van der Waals surface area contributed by atoms with Crippen molar-refractivity contribution in [3.63, 3.8) is 0 Å². The molecule has 0 unspecified atom stereocenters. The zero-order valence-corrected chi connectivity index (χ0v) is 11.4. The van der Waals surface area contributed by atoms with E-state index in [4.69, 9.17) is 0 Å². The standard InChI is InChI=1S/C16H20N2O/c1-17-11-8-14-6-4-13(12-15(14)17)5-7-16(19)18-9-2-3-10-18/h4,6,8,11-12H,2-3,5,7,9-10H2,1H3. The molecule has 1 amide bonds. The second kappa shape index (κ2) is 5.08. The molecule has 3 heteroatoms. The van der Waals surface area contributed by atoms with E-state index in [2.05, 4.69) is 42.1 Å². The minimum Gasteiger partial charge on any atom is -0.351 e. The van der Waals surface area contributed by atoms with Crippen molar-refractivity contribution in [2.24, 2.45) is 7.05 Å². The van der Waals surface area contributed by atoms with E-state index in [1.54, 1.807) is 0 Å². The average molecular weight is 256 g/mol. The molecule has 1 aliphatic rings. The second-order valence-corrected chi connectivity index (χ2v) is 5.41. The van der Waals surface area contributed by atoms with Crippen LogP contribution < -0.4 is 0 Å². The van der Waals surface area contributed by atoms with E-state index in [9.17, 15) is 4.79 Å². The van der Waals surface area contributed by atoms with E-state index in [1.807, 2.05) is 4.90 Å². The summed E-state index contributed by atoms with van der Waals surface area (Å²) in [7, 11) is 2.06. The van der Waals surface area contributed by atoms with Gasteiger partial charge in [0.05, 0.1) is 0 Å². The van der Waals surface area contributed by atoms with Crippen LogP contribution in [0.4, 0.5) is 0 Å². The topological polar surface area (TPSA) is 25.2 Å². The van der Waals surface area contributed by atoms with Crippen LogP contribution in [0.3, 0.4) is 0 Å². The summed E-state index contributed by atoms with van der Waals surface area (Å²) in [5, 5.41) is 1.26. The molecule has 0 N–H and O–H groups in total. The number of carbonyl (C=O) groups is 1. The van der Waals surface area contributed by atoms with Gasteiger partial charge in [-0.05, 0) is 42.3 Å². The van der Waals surface area contributed by atoms with Crippen molar-refractivity contribution in [1.29, 1.82) is 0 Å². The molecule has 3 rings (SSSR count). The normalized spacial score (nSPS) is 15.3. The first-order valence-corrected chi connectivity index (χ1v) is 7.06. The highest BCUT2D eigenvalue weighted by molar-refractivity contribution is 5.81. The molecule has 1 aromatic carbocycles. The Balaban J connectivity index is 1.67. The van der Waals surface area contributed by atoms with Crippen molar-refractivity contribution in [2.45, 2.75) is 25.7 Å². The fraction of sp³-hybridized carbons (Fsp3) is 0.438. The number of aryl methyl sites for hydroxylation is 2. The number of aromatic nitrogens is 1. The average Bonchev–Trinajstić information content (AvgIpc) is 3.07. The summed E-state index contributed by atoms with van der Waals surface area (Å²) in [6, 6.07) is 8.60. The third kappa shape index (κ3) is 2.50. The van der Waals surface area contributed by atoms with E-state index in [-0.39, 0.29) is 0 Å². The van der Waals surface area contributed by atoms with Gasteiger partial charge in [0, 0.05) is 38.3 Å². The van der Waals surface area contributed by atoms with Crippen LogP contribution in [0.15, 0.2) is 30.5 Å². The van der Waals surface area contributed by atoms with E-state index < -0.39 is 0 Å². The van der Waals surface area contributed by atoms with Gasteiger partial charge in [-0.1, -0.05) is 12.1 Å². The zero-order valence-electron chi connectivity index (χ0n) is 11.4. The molecule has 19 heavy (non-hydrogen) atoms. The Morgan fingerprint density at radius 2 is 2.00 bits per heavy atom. The van der Waals surface area contributed by atoms with Crippen LogP contribution >= 0.6 is 0 Å². The first-order valence-electron chi connectivity index (χ1n) is 7.06. The predicted octanol–water partition coefficient (Wildman–Crippen LogP) is 2.73. The molecular formula is C16H20N2O. The number of likely N-dealkylation sites (tertiary alicyclic amines) is 1. The molecule has 1 aliphatic heterocycles. The second-order valence-electron chi connectivity index (χ2n) is 5.41. The van der Waals surface area contributed by atoms with Gasteiger partial charge < -0.3 is 9.47 Å². The van der Waals surface area contributed by atoms with Gasteiger partial charge in [-0.15, -0.1) is 0 Å². The third-order valence-electron chi connectivity index (χ3n) is 4.04. The first kappa shape index (κ1) is 12.3. The lowest BCUT2D eigenvalue weighted by molar-refractivity contribution is -0.130. The molecule has 100 valence electrons. The molecule has 0 atom stereocenters. The maximum atomic E-state index is 12.0. The number of amides is 1. The number of benzene rings is 1. The van der Waals surface area contributed by atoms with Crippen molar-refractivity contribution >= 4 is 16.8 Å². The summed E-state index contributed by atoms with van der Waals surface area (Å²) in [6.07, 6.45) is 5.89. The Morgan fingerprint density at radius 1 is 1.21 bits per heavy atom. The minimum atomic E-state index is 0.310. The van der Waals surface area contributed by atoms with Crippen molar-refractivity contribution < 1.29 is 4.79 Å². The largest absolute Gasteiger partial charge is 0.351 e. The molecule has 1 aromatic heterocycles. The smallest absolute Gasteiger partial charge is 0.222 e. The minimum absolute atomic E-state index is 0.310. The maximum Gasteiger partial charge on any atom is 0.222 e. The van der Waals surface area contributed by atoms with Crippen molar-refractivity contribution in [2.75, 3.05) is 13.1 Å². The predicted molar refractivity (Wildman–Crippen MR) is 77.1 cm³/mol. The molecular weight excluding hydrogens is 236 g/mol. The van der Waals surface area contributed by atoms with E-state index in [0.717, 1.165) is 19.5 Å². The fourth-order valence-corrected chi connectivity index (χ4v) is 2.84. The summed E-state index contributed by atoms with van der Waals surface area (Å²) in [5.74, 6) is 0.310. The quantitative estimate of drug-likeness (QED) is 0.829. The maximum absolute atomic E-state index is 12.0. The highest BCUT2D eigenvalue weighted by atomic mass is 16.2. The molecule has 0 spiro atoms. The van der Waals surface area contributed by atoms with Crippen LogP contribution in [0.2, 0.25) is 0 Å². The molecule has 0 aliphatic carbocycles. The Kier molecular flexibility index (Phi) is 3.28. The van der Waals surface area contributed by atoms with Gasteiger partial charge in [0.1, 0.15) is 0 Å². The first-order chi connectivity index (χ1) is 9.24. The van der Waals surface area contributed by atoms with Crippen LogP contribution in [-0.2, 0) is 18.3 Å². The van der Waals surface area contributed by atoms with Gasteiger partial charge in [-0.25, -0.2) is 0 Å². The zero-order chi connectivity index (χ0) is 13.2. The number of hydrogen-bond acceptors (Lipinski definition) is 1. The molecule has 1 saturated heterocycles. The van der Waals surface area contributed by atoms with Crippen LogP contribution in [-0.4, -0.2) is 28.5 Å². The molecule has 2 aromatic rings. The summed E-state index contributed by atoms with van der Waals surface area (Å²) >= 11 is 0. The Labute approximate surface area is 113 Å². The molecule has 0 saturated carbocycles. The highest BCUT2D eigenvalue weighted by Gasteiger charge is 2.17. The van der Waals surface area contributed by atoms with Gasteiger partial charge in [0.25, 0.3) is 0 Å². The Hall–Kier alpha value is -1.77. The van der Waals surface area contributed by atoms with Gasteiger partial charge in [-0.2, -0.15) is 0 Å². The molecule has 0 radical (unpaired) electrons. The summed E-state index contributed by atoms with van der Waals surface area (Å²) < 4.78 is 2.13. The third-order valence-corrected chi connectivity index (χ3v) is 4.04. The van der Waals surface area contributed by atoms with E-state index in [1.165, 1.54) is 29.3 Å². The molecule has 0 bridgehead atoms. The van der Waals surface area contributed by atoms with Crippen molar-refractivity contribution in [3.8, 4) is 0 Å².